The Bertz CT molecular complexity index is 432. The predicted molar refractivity (Wildman–Crippen MR) is 103 cm³/mol. The highest BCUT2D eigenvalue weighted by Gasteiger charge is 2.36. The Balaban J connectivity index is 2.16. The zero-order chi connectivity index (χ0) is 19.2. The summed E-state index contributed by atoms with van der Waals surface area (Å²) in [5.74, 6) is -0.165. The normalized spacial score (nSPS) is 24.5. The molecule has 1 fully saturated rings. The van der Waals surface area contributed by atoms with Gasteiger partial charge in [0.15, 0.2) is 0 Å². The minimum atomic E-state index is -0.501. The van der Waals surface area contributed by atoms with Gasteiger partial charge in [-0.25, -0.2) is 0 Å². The summed E-state index contributed by atoms with van der Waals surface area (Å²) in [6.07, 6.45) is 14.9. The van der Waals surface area contributed by atoms with E-state index in [1.54, 1.807) is 0 Å². The van der Waals surface area contributed by atoms with Gasteiger partial charge in [0, 0.05) is 12.8 Å². The fourth-order valence-electron chi connectivity index (χ4n) is 3.10. The Kier molecular flexibility index (Phi) is 12.3. The van der Waals surface area contributed by atoms with Gasteiger partial charge in [-0.15, -0.1) is 0 Å². The van der Waals surface area contributed by atoms with Gasteiger partial charge in [0.25, 0.3) is 0 Å². The lowest BCUT2D eigenvalue weighted by atomic mass is 10.0. The zero-order valence-electron chi connectivity index (χ0n) is 16.3. The molecule has 2 N–H and O–H groups in total. The number of carbonyl (C=O) groups is 1. The molecule has 0 aromatic rings. The first-order valence-electron chi connectivity index (χ1n) is 9.96. The lowest BCUT2D eigenvalue weighted by Gasteiger charge is -2.18. The van der Waals surface area contributed by atoms with E-state index in [0.717, 1.165) is 44.9 Å². The van der Waals surface area contributed by atoms with E-state index in [0.29, 0.717) is 19.3 Å². The third-order valence-electron chi connectivity index (χ3n) is 4.74. The van der Waals surface area contributed by atoms with Crippen LogP contribution in [0.1, 0.15) is 71.1 Å². The number of unbranched alkanes of at least 4 members (excludes halogenated alkanes) is 3. The number of hydrogen-bond donors (Lipinski definition) is 2. The summed E-state index contributed by atoms with van der Waals surface area (Å²) in [5, 5.41) is 20.3. The lowest BCUT2D eigenvalue weighted by molar-refractivity contribution is -0.140. The van der Waals surface area contributed by atoms with Crippen LogP contribution in [-0.2, 0) is 14.3 Å². The van der Waals surface area contributed by atoms with Gasteiger partial charge < -0.3 is 19.7 Å². The summed E-state index contributed by atoms with van der Waals surface area (Å²) in [6, 6.07) is 0. The van der Waals surface area contributed by atoms with E-state index in [2.05, 4.69) is 29.9 Å². The molecule has 0 amide bonds. The van der Waals surface area contributed by atoms with Crippen LogP contribution in [0, 0.1) is 0 Å². The van der Waals surface area contributed by atoms with Crippen LogP contribution in [0.5, 0.6) is 0 Å². The smallest absolute Gasteiger partial charge is 0.305 e. The van der Waals surface area contributed by atoms with E-state index in [1.165, 1.54) is 7.11 Å². The number of allylic oxidation sites excluding steroid dienone is 3. The molecule has 0 spiro atoms. The maximum Gasteiger partial charge on any atom is 0.305 e. The van der Waals surface area contributed by atoms with Gasteiger partial charge in [0.2, 0.25) is 0 Å². The molecule has 0 aromatic carbocycles. The zero-order valence-corrected chi connectivity index (χ0v) is 16.3. The van der Waals surface area contributed by atoms with Crippen LogP contribution < -0.4 is 0 Å². The number of carbonyl (C=O) groups excluding carboxylic acids is 1. The predicted octanol–water partition coefficient (Wildman–Crippen LogP) is 3.68. The topological polar surface area (TPSA) is 76.0 Å². The summed E-state index contributed by atoms with van der Waals surface area (Å²) >= 11 is 0. The second-order valence-electron chi connectivity index (χ2n) is 6.96. The van der Waals surface area contributed by atoms with Crippen molar-refractivity contribution in [2.75, 3.05) is 7.11 Å². The molecule has 0 bridgehead atoms. The van der Waals surface area contributed by atoms with E-state index < -0.39 is 12.2 Å². The number of ether oxygens (including phenoxy) is 2. The number of esters is 1. The van der Waals surface area contributed by atoms with E-state index in [1.807, 2.05) is 6.08 Å². The van der Waals surface area contributed by atoms with E-state index in [4.69, 9.17) is 4.74 Å². The first kappa shape index (κ1) is 22.9. The highest BCUT2D eigenvalue weighted by Crippen LogP contribution is 2.27. The summed E-state index contributed by atoms with van der Waals surface area (Å²) in [6.45, 7) is 2.14. The molecule has 0 saturated carbocycles. The van der Waals surface area contributed by atoms with E-state index in [9.17, 15) is 15.0 Å². The van der Waals surface area contributed by atoms with Crippen molar-refractivity contribution in [1.82, 2.24) is 0 Å². The molecule has 5 nitrogen and oxygen atoms in total. The fraction of sp³-hybridized carbons (Fsp3) is 0.762. The molecular formula is C21H36O5. The molecule has 1 heterocycles. The number of hydrogen-bond acceptors (Lipinski definition) is 5. The Labute approximate surface area is 158 Å². The monoisotopic (exact) mass is 368 g/mol. The standard InChI is InChI=1S/C21H36O5/c1-3-4-10-13-17(22)20-16-18(23)19(26-20)14-11-8-6-5-7-9-12-15-21(24)25-2/h5,7-8,11,17-20,22-23H,3-4,6,9-10,12-16H2,1-2H3/b7-5-,11-8-/t17?,18?,19-,20+/m0/s1. The maximum absolute atomic E-state index is 11.0. The second-order valence-corrected chi connectivity index (χ2v) is 6.96. The minimum absolute atomic E-state index is 0.165. The van der Waals surface area contributed by atoms with Gasteiger partial charge in [0.1, 0.15) is 0 Å². The Morgan fingerprint density at radius 1 is 1.23 bits per heavy atom. The van der Waals surface area contributed by atoms with E-state index >= 15 is 0 Å². The molecule has 150 valence electrons. The van der Waals surface area contributed by atoms with Gasteiger partial charge in [-0.3, -0.25) is 4.79 Å². The highest BCUT2D eigenvalue weighted by atomic mass is 16.5. The number of aliphatic hydroxyl groups is 2. The Morgan fingerprint density at radius 3 is 2.73 bits per heavy atom. The third-order valence-corrected chi connectivity index (χ3v) is 4.74. The molecule has 5 heteroatoms. The molecule has 1 aliphatic heterocycles. The van der Waals surface area contributed by atoms with Crippen LogP contribution in [0.25, 0.3) is 0 Å². The van der Waals surface area contributed by atoms with Crippen molar-refractivity contribution >= 4 is 5.97 Å². The summed E-state index contributed by atoms with van der Waals surface area (Å²) in [7, 11) is 1.41. The second kappa shape index (κ2) is 14.0. The molecular weight excluding hydrogens is 332 g/mol. The van der Waals surface area contributed by atoms with Crippen molar-refractivity contribution in [2.45, 2.75) is 95.5 Å². The summed E-state index contributed by atoms with van der Waals surface area (Å²) in [5.41, 5.74) is 0. The number of methoxy groups -OCH3 is 1. The van der Waals surface area contributed by atoms with Gasteiger partial charge >= 0.3 is 5.97 Å². The summed E-state index contributed by atoms with van der Waals surface area (Å²) in [4.78, 5) is 11.0. The minimum Gasteiger partial charge on any atom is -0.469 e. The third kappa shape index (κ3) is 9.51. The quantitative estimate of drug-likeness (QED) is 0.295. The van der Waals surface area contributed by atoms with Crippen molar-refractivity contribution in [3.63, 3.8) is 0 Å². The van der Waals surface area contributed by atoms with Crippen LogP contribution >= 0.6 is 0 Å². The molecule has 1 aliphatic rings. The molecule has 1 saturated heterocycles. The first-order valence-corrected chi connectivity index (χ1v) is 9.96. The van der Waals surface area contributed by atoms with Crippen molar-refractivity contribution in [3.05, 3.63) is 24.3 Å². The average molecular weight is 369 g/mol. The van der Waals surface area contributed by atoms with Crippen LogP contribution in [0.2, 0.25) is 0 Å². The van der Waals surface area contributed by atoms with Crippen molar-refractivity contribution in [1.29, 1.82) is 0 Å². The molecule has 1 rings (SSSR count). The Hall–Kier alpha value is -1.17. The average Bonchev–Trinajstić information content (AvgIpc) is 3.01. The lowest BCUT2D eigenvalue weighted by Crippen LogP contribution is -2.26. The van der Waals surface area contributed by atoms with Crippen LogP contribution in [-0.4, -0.2) is 47.7 Å². The molecule has 0 radical (unpaired) electrons. The SMILES string of the molecule is CCCCCC(O)[C@H]1CC(O)[C@H](C/C=C\C/C=C\CCCC(=O)OC)O1. The number of aliphatic hydroxyl groups excluding tert-OH is 2. The molecule has 2 unspecified atom stereocenters. The van der Waals surface area contributed by atoms with Crippen LogP contribution in [0.3, 0.4) is 0 Å². The summed E-state index contributed by atoms with van der Waals surface area (Å²) < 4.78 is 10.4. The van der Waals surface area contributed by atoms with Gasteiger partial charge in [-0.2, -0.15) is 0 Å². The Morgan fingerprint density at radius 2 is 2.00 bits per heavy atom. The van der Waals surface area contributed by atoms with Gasteiger partial charge in [0.05, 0.1) is 31.5 Å². The van der Waals surface area contributed by atoms with Crippen molar-refractivity contribution < 1.29 is 24.5 Å². The molecule has 0 aliphatic carbocycles. The largest absolute Gasteiger partial charge is 0.469 e. The molecule has 26 heavy (non-hydrogen) atoms. The van der Waals surface area contributed by atoms with Crippen molar-refractivity contribution in [2.24, 2.45) is 0 Å². The van der Waals surface area contributed by atoms with Crippen molar-refractivity contribution in [3.8, 4) is 0 Å². The van der Waals surface area contributed by atoms with Crippen LogP contribution in [0.15, 0.2) is 24.3 Å². The fourth-order valence-corrected chi connectivity index (χ4v) is 3.10. The highest BCUT2D eigenvalue weighted by molar-refractivity contribution is 5.69. The molecule has 4 atom stereocenters. The van der Waals surface area contributed by atoms with Crippen LogP contribution in [0.4, 0.5) is 0 Å². The van der Waals surface area contributed by atoms with Gasteiger partial charge in [-0.1, -0.05) is 50.5 Å². The van der Waals surface area contributed by atoms with E-state index in [-0.39, 0.29) is 18.2 Å². The first-order chi connectivity index (χ1) is 12.6. The number of rotatable bonds is 13. The molecule has 0 aromatic heterocycles. The maximum atomic E-state index is 11.0. The van der Waals surface area contributed by atoms with Gasteiger partial charge in [-0.05, 0) is 32.1 Å².